The smallest absolute Gasteiger partial charge is 0.170 e. The third kappa shape index (κ3) is 2.70. The molecule has 0 amide bonds. The topological polar surface area (TPSA) is 24.1 Å². The van der Waals surface area contributed by atoms with Crippen LogP contribution in [0, 0.1) is 13.8 Å². The molecule has 1 aromatic rings. The van der Waals surface area contributed by atoms with E-state index in [4.69, 9.17) is 12.2 Å². The van der Waals surface area contributed by atoms with Crippen LogP contribution in [-0.4, -0.2) is 12.2 Å². The van der Waals surface area contributed by atoms with Crippen molar-refractivity contribution in [3.8, 4) is 0 Å². The molecule has 3 heteroatoms. The van der Waals surface area contributed by atoms with Crippen LogP contribution < -0.4 is 10.6 Å². The second-order valence-corrected chi connectivity index (χ2v) is 3.43. The molecule has 0 aliphatic carbocycles. The molecule has 0 radical (unpaired) electrons. The minimum Gasteiger partial charge on any atom is -0.366 e. The van der Waals surface area contributed by atoms with Crippen molar-refractivity contribution in [1.82, 2.24) is 5.32 Å². The lowest BCUT2D eigenvalue weighted by Gasteiger charge is -2.10. The summed E-state index contributed by atoms with van der Waals surface area (Å²) in [6, 6.07) is 6.22. The second-order valence-electron chi connectivity index (χ2n) is 3.02. The summed E-state index contributed by atoms with van der Waals surface area (Å²) in [7, 11) is 1.80. The largest absolute Gasteiger partial charge is 0.366 e. The van der Waals surface area contributed by atoms with E-state index in [0.717, 1.165) is 5.69 Å². The van der Waals surface area contributed by atoms with Gasteiger partial charge in [0.2, 0.25) is 0 Å². The highest BCUT2D eigenvalue weighted by Gasteiger charge is 1.98. The third-order valence-corrected chi connectivity index (χ3v) is 2.16. The molecular weight excluding hydrogens is 180 g/mol. The van der Waals surface area contributed by atoms with Gasteiger partial charge in [0, 0.05) is 12.7 Å². The number of aryl methyl sites for hydroxylation is 2. The van der Waals surface area contributed by atoms with Crippen LogP contribution in [0.2, 0.25) is 0 Å². The number of anilines is 1. The maximum absolute atomic E-state index is 5.01. The zero-order chi connectivity index (χ0) is 9.84. The SMILES string of the molecule is CNC(=S)Nc1ccc(C)cc1C. The molecule has 0 atom stereocenters. The zero-order valence-corrected chi connectivity index (χ0v) is 8.96. The van der Waals surface area contributed by atoms with Gasteiger partial charge < -0.3 is 10.6 Å². The molecule has 0 spiro atoms. The Morgan fingerprint density at radius 1 is 1.31 bits per heavy atom. The van der Waals surface area contributed by atoms with E-state index >= 15 is 0 Å². The number of rotatable bonds is 1. The average Bonchev–Trinajstić information content (AvgIpc) is 2.09. The van der Waals surface area contributed by atoms with Gasteiger partial charge in [-0.1, -0.05) is 17.7 Å². The summed E-state index contributed by atoms with van der Waals surface area (Å²) in [5.74, 6) is 0. The van der Waals surface area contributed by atoms with Gasteiger partial charge in [-0.3, -0.25) is 0 Å². The van der Waals surface area contributed by atoms with E-state index < -0.39 is 0 Å². The molecule has 0 saturated heterocycles. The van der Waals surface area contributed by atoms with E-state index in [0.29, 0.717) is 5.11 Å². The van der Waals surface area contributed by atoms with Crippen molar-refractivity contribution in [3.05, 3.63) is 29.3 Å². The Morgan fingerprint density at radius 2 is 2.00 bits per heavy atom. The van der Waals surface area contributed by atoms with Crippen LogP contribution in [0.5, 0.6) is 0 Å². The fraction of sp³-hybridized carbons (Fsp3) is 0.300. The Labute approximate surface area is 84.3 Å². The van der Waals surface area contributed by atoms with Crippen molar-refractivity contribution >= 4 is 23.0 Å². The molecule has 0 fully saturated rings. The quantitative estimate of drug-likeness (QED) is 0.670. The normalized spacial score (nSPS) is 9.46. The van der Waals surface area contributed by atoms with E-state index in [1.165, 1.54) is 11.1 Å². The van der Waals surface area contributed by atoms with Crippen molar-refractivity contribution in [2.75, 3.05) is 12.4 Å². The number of benzene rings is 1. The predicted octanol–water partition coefficient (Wildman–Crippen LogP) is 2.22. The molecule has 0 unspecified atom stereocenters. The lowest BCUT2D eigenvalue weighted by molar-refractivity contribution is 1.19. The van der Waals surface area contributed by atoms with E-state index in [1.807, 2.05) is 6.07 Å². The monoisotopic (exact) mass is 194 g/mol. The fourth-order valence-electron chi connectivity index (χ4n) is 1.14. The van der Waals surface area contributed by atoms with Gasteiger partial charge in [0.1, 0.15) is 0 Å². The minimum atomic E-state index is 0.645. The Balaban J connectivity index is 2.83. The highest BCUT2D eigenvalue weighted by molar-refractivity contribution is 7.80. The summed E-state index contributed by atoms with van der Waals surface area (Å²) < 4.78 is 0. The minimum absolute atomic E-state index is 0.645. The molecule has 13 heavy (non-hydrogen) atoms. The van der Waals surface area contributed by atoms with Gasteiger partial charge >= 0.3 is 0 Å². The van der Waals surface area contributed by atoms with E-state index in [2.05, 4.69) is 36.6 Å². The number of thiocarbonyl (C=S) groups is 1. The number of nitrogens with one attached hydrogen (secondary N) is 2. The third-order valence-electron chi connectivity index (χ3n) is 1.86. The van der Waals surface area contributed by atoms with Crippen molar-refractivity contribution < 1.29 is 0 Å². The molecule has 0 aromatic heterocycles. The molecule has 1 aromatic carbocycles. The van der Waals surface area contributed by atoms with Gasteiger partial charge in [-0.2, -0.15) is 0 Å². The fourth-order valence-corrected chi connectivity index (χ4v) is 1.25. The first-order valence-electron chi connectivity index (χ1n) is 4.19. The lowest BCUT2D eigenvalue weighted by atomic mass is 10.1. The maximum atomic E-state index is 5.01. The van der Waals surface area contributed by atoms with Gasteiger partial charge in [0.25, 0.3) is 0 Å². The van der Waals surface area contributed by atoms with Crippen LogP contribution in [0.3, 0.4) is 0 Å². The maximum Gasteiger partial charge on any atom is 0.170 e. The van der Waals surface area contributed by atoms with E-state index in [9.17, 15) is 0 Å². The van der Waals surface area contributed by atoms with Crippen LogP contribution in [0.1, 0.15) is 11.1 Å². The van der Waals surface area contributed by atoms with Gasteiger partial charge in [-0.25, -0.2) is 0 Å². The zero-order valence-electron chi connectivity index (χ0n) is 8.14. The Hall–Kier alpha value is -1.09. The van der Waals surface area contributed by atoms with E-state index in [1.54, 1.807) is 7.05 Å². The predicted molar refractivity (Wildman–Crippen MR) is 61.2 cm³/mol. The summed E-state index contributed by atoms with van der Waals surface area (Å²) >= 11 is 5.01. The molecule has 0 saturated carbocycles. The van der Waals surface area contributed by atoms with Crippen molar-refractivity contribution in [3.63, 3.8) is 0 Å². The Morgan fingerprint density at radius 3 is 2.54 bits per heavy atom. The molecule has 2 N–H and O–H groups in total. The van der Waals surface area contributed by atoms with Crippen LogP contribution >= 0.6 is 12.2 Å². The first-order valence-corrected chi connectivity index (χ1v) is 4.60. The van der Waals surface area contributed by atoms with Gasteiger partial charge in [0.05, 0.1) is 0 Å². The molecule has 2 nitrogen and oxygen atoms in total. The molecule has 0 heterocycles. The Kier molecular flexibility index (Phi) is 3.25. The molecule has 0 aliphatic heterocycles. The molecule has 0 aliphatic rings. The highest BCUT2D eigenvalue weighted by Crippen LogP contribution is 2.15. The summed E-state index contributed by atoms with van der Waals surface area (Å²) in [5, 5.41) is 6.63. The van der Waals surface area contributed by atoms with E-state index in [-0.39, 0.29) is 0 Å². The number of hydrogen-bond acceptors (Lipinski definition) is 1. The first-order chi connectivity index (χ1) is 6.13. The molecular formula is C10H14N2S. The summed E-state index contributed by atoms with van der Waals surface area (Å²) in [5.41, 5.74) is 3.53. The lowest BCUT2D eigenvalue weighted by Crippen LogP contribution is -2.24. The van der Waals surface area contributed by atoms with Crippen molar-refractivity contribution in [2.45, 2.75) is 13.8 Å². The first kappa shape index (κ1) is 9.99. The van der Waals surface area contributed by atoms with Crippen molar-refractivity contribution in [1.29, 1.82) is 0 Å². The van der Waals surface area contributed by atoms with Crippen molar-refractivity contribution in [2.24, 2.45) is 0 Å². The van der Waals surface area contributed by atoms with Gasteiger partial charge in [-0.05, 0) is 37.7 Å². The van der Waals surface area contributed by atoms with Crippen LogP contribution in [0.25, 0.3) is 0 Å². The van der Waals surface area contributed by atoms with Crippen LogP contribution in [0.4, 0.5) is 5.69 Å². The molecule has 1 rings (SSSR count). The van der Waals surface area contributed by atoms with Crippen LogP contribution in [-0.2, 0) is 0 Å². The summed E-state index contributed by atoms with van der Waals surface area (Å²) in [6.45, 7) is 4.14. The van der Waals surface area contributed by atoms with Gasteiger partial charge in [0.15, 0.2) is 5.11 Å². The second kappa shape index (κ2) is 4.23. The molecule has 70 valence electrons. The summed E-state index contributed by atoms with van der Waals surface area (Å²) in [6.07, 6.45) is 0. The van der Waals surface area contributed by atoms with Gasteiger partial charge in [-0.15, -0.1) is 0 Å². The Bertz CT molecular complexity index is 321. The number of hydrogen-bond donors (Lipinski definition) is 2. The average molecular weight is 194 g/mol. The molecule has 0 bridgehead atoms. The highest BCUT2D eigenvalue weighted by atomic mass is 32.1. The summed E-state index contributed by atoms with van der Waals surface area (Å²) in [4.78, 5) is 0. The standard InChI is InChI=1S/C10H14N2S/c1-7-4-5-9(8(2)6-7)12-10(13)11-3/h4-6H,1-3H3,(H2,11,12,13). The van der Waals surface area contributed by atoms with Crippen LogP contribution in [0.15, 0.2) is 18.2 Å².